The van der Waals surface area contributed by atoms with E-state index in [1.54, 1.807) is 0 Å². The molecule has 2 aliphatic rings. The van der Waals surface area contributed by atoms with E-state index in [9.17, 15) is 0 Å². The third-order valence-corrected chi connectivity index (χ3v) is 2.77. The van der Waals surface area contributed by atoms with Crippen LogP contribution in [0.15, 0.2) is 18.2 Å². The van der Waals surface area contributed by atoms with Crippen molar-refractivity contribution in [2.45, 2.75) is 32.1 Å². The fourth-order valence-electron chi connectivity index (χ4n) is 1.75. The SMILES string of the molecule is Cc1ccc2c(c1)OC(CNC1CC1)O2. The Morgan fingerprint density at radius 2 is 2.07 bits per heavy atom. The molecular formula is C12H15NO2. The molecule has 1 fully saturated rings. The first-order valence-corrected chi connectivity index (χ1v) is 5.48. The van der Waals surface area contributed by atoms with Gasteiger partial charge in [-0.05, 0) is 37.5 Å². The summed E-state index contributed by atoms with van der Waals surface area (Å²) in [5.74, 6) is 1.74. The van der Waals surface area contributed by atoms with E-state index in [1.807, 2.05) is 18.2 Å². The molecule has 3 rings (SSSR count). The molecule has 0 bridgehead atoms. The van der Waals surface area contributed by atoms with Gasteiger partial charge in [0.15, 0.2) is 11.5 Å². The van der Waals surface area contributed by atoms with Gasteiger partial charge in [-0.1, -0.05) is 6.07 Å². The van der Waals surface area contributed by atoms with Crippen LogP contribution in [0.1, 0.15) is 18.4 Å². The maximum Gasteiger partial charge on any atom is 0.253 e. The molecule has 3 nitrogen and oxygen atoms in total. The molecule has 1 saturated carbocycles. The monoisotopic (exact) mass is 205 g/mol. The van der Waals surface area contributed by atoms with Crippen molar-refractivity contribution < 1.29 is 9.47 Å². The summed E-state index contributed by atoms with van der Waals surface area (Å²) in [6.45, 7) is 2.83. The van der Waals surface area contributed by atoms with E-state index in [0.29, 0.717) is 6.04 Å². The normalized spacial score (nSPS) is 23.1. The van der Waals surface area contributed by atoms with Gasteiger partial charge < -0.3 is 14.8 Å². The van der Waals surface area contributed by atoms with Crippen molar-refractivity contribution in [3.05, 3.63) is 23.8 Å². The molecule has 1 aliphatic heterocycles. The smallest absolute Gasteiger partial charge is 0.253 e. The van der Waals surface area contributed by atoms with Crippen LogP contribution in [0.2, 0.25) is 0 Å². The Morgan fingerprint density at radius 1 is 1.27 bits per heavy atom. The van der Waals surface area contributed by atoms with Crippen LogP contribution >= 0.6 is 0 Å². The van der Waals surface area contributed by atoms with Gasteiger partial charge in [0.2, 0.25) is 0 Å². The number of ether oxygens (including phenoxy) is 2. The number of rotatable bonds is 3. The lowest BCUT2D eigenvalue weighted by Crippen LogP contribution is -2.33. The molecule has 1 N–H and O–H groups in total. The highest BCUT2D eigenvalue weighted by Gasteiger charge is 2.27. The number of hydrogen-bond donors (Lipinski definition) is 1. The molecule has 1 aromatic rings. The van der Waals surface area contributed by atoms with Gasteiger partial charge in [0.25, 0.3) is 6.29 Å². The van der Waals surface area contributed by atoms with Gasteiger partial charge in [-0.25, -0.2) is 0 Å². The van der Waals surface area contributed by atoms with Crippen molar-refractivity contribution in [1.29, 1.82) is 0 Å². The number of hydrogen-bond acceptors (Lipinski definition) is 3. The molecular weight excluding hydrogens is 190 g/mol. The molecule has 1 unspecified atom stereocenters. The summed E-state index contributed by atoms with van der Waals surface area (Å²) in [7, 11) is 0. The highest BCUT2D eigenvalue weighted by atomic mass is 16.7. The standard InChI is InChI=1S/C12H15NO2/c1-8-2-5-10-11(6-8)15-12(14-10)7-13-9-3-4-9/h2,5-6,9,12-13H,3-4,7H2,1H3. The summed E-state index contributed by atoms with van der Waals surface area (Å²) in [6.07, 6.45) is 2.43. The van der Waals surface area contributed by atoms with E-state index >= 15 is 0 Å². The van der Waals surface area contributed by atoms with E-state index in [-0.39, 0.29) is 6.29 Å². The van der Waals surface area contributed by atoms with Crippen LogP contribution in [0.3, 0.4) is 0 Å². The maximum atomic E-state index is 5.68. The Morgan fingerprint density at radius 3 is 2.87 bits per heavy atom. The summed E-state index contributed by atoms with van der Waals surface area (Å²) < 4.78 is 11.3. The molecule has 1 heterocycles. The van der Waals surface area contributed by atoms with E-state index < -0.39 is 0 Å². The largest absolute Gasteiger partial charge is 0.450 e. The molecule has 0 spiro atoms. The Bertz CT molecular complexity index is 374. The second kappa shape index (κ2) is 3.42. The Kier molecular flexibility index (Phi) is 2.06. The van der Waals surface area contributed by atoms with Crippen LogP contribution in [0.4, 0.5) is 0 Å². The average Bonchev–Trinajstić information content (AvgIpc) is 2.95. The lowest BCUT2D eigenvalue weighted by molar-refractivity contribution is 0.0495. The fourth-order valence-corrected chi connectivity index (χ4v) is 1.75. The summed E-state index contributed by atoms with van der Waals surface area (Å²) in [5.41, 5.74) is 1.20. The first-order chi connectivity index (χ1) is 7.31. The molecule has 1 aliphatic carbocycles. The molecule has 15 heavy (non-hydrogen) atoms. The zero-order valence-corrected chi connectivity index (χ0v) is 8.82. The predicted molar refractivity (Wildman–Crippen MR) is 57.2 cm³/mol. The minimum atomic E-state index is -0.151. The highest BCUT2D eigenvalue weighted by molar-refractivity contribution is 5.44. The number of aryl methyl sites for hydroxylation is 1. The minimum Gasteiger partial charge on any atom is -0.450 e. The lowest BCUT2D eigenvalue weighted by atomic mass is 10.2. The Balaban J connectivity index is 1.63. The van der Waals surface area contributed by atoms with Crippen molar-refractivity contribution >= 4 is 0 Å². The Hall–Kier alpha value is -1.22. The molecule has 0 saturated heterocycles. The Labute approximate surface area is 89.4 Å². The summed E-state index contributed by atoms with van der Waals surface area (Å²) in [4.78, 5) is 0. The van der Waals surface area contributed by atoms with Crippen molar-refractivity contribution in [2.75, 3.05) is 6.54 Å². The lowest BCUT2D eigenvalue weighted by Gasteiger charge is -2.10. The maximum absolute atomic E-state index is 5.68. The van der Waals surface area contributed by atoms with Gasteiger partial charge in [0, 0.05) is 6.04 Å². The summed E-state index contributed by atoms with van der Waals surface area (Å²) in [5, 5.41) is 3.40. The molecule has 3 heteroatoms. The first-order valence-electron chi connectivity index (χ1n) is 5.48. The van der Waals surface area contributed by atoms with Crippen molar-refractivity contribution in [2.24, 2.45) is 0 Å². The molecule has 1 aromatic carbocycles. The average molecular weight is 205 g/mol. The quantitative estimate of drug-likeness (QED) is 0.816. The molecule has 1 atom stereocenters. The van der Waals surface area contributed by atoms with Crippen LogP contribution in [-0.2, 0) is 0 Å². The zero-order chi connectivity index (χ0) is 10.3. The van der Waals surface area contributed by atoms with Gasteiger partial charge in [-0.15, -0.1) is 0 Å². The second-order valence-corrected chi connectivity index (χ2v) is 4.30. The topological polar surface area (TPSA) is 30.5 Å². The van der Waals surface area contributed by atoms with Gasteiger partial charge in [-0.3, -0.25) is 0 Å². The summed E-state index contributed by atoms with van der Waals surface area (Å²) >= 11 is 0. The van der Waals surface area contributed by atoms with E-state index in [1.165, 1.54) is 18.4 Å². The molecule has 80 valence electrons. The van der Waals surface area contributed by atoms with Gasteiger partial charge in [0.1, 0.15) is 0 Å². The van der Waals surface area contributed by atoms with E-state index in [2.05, 4.69) is 12.2 Å². The first kappa shape index (κ1) is 9.04. The molecule has 0 aromatic heterocycles. The number of fused-ring (bicyclic) bond motifs is 1. The summed E-state index contributed by atoms with van der Waals surface area (Å²) in [6, 6.07) is 6.73. The third-order valence-electron chi connectivity index (χ3n) is 2.77. The van der Waals surface area contributed by atoms with E-state index in [4.69, 9.17) is 9.47 Å². The van der Waals surface area contributed by atoms with Crippen molar-refractivity contribution in [1.82, 2.24) is 5.32 Å². The number of nitrogens with one attached hydrogen (secondary N) is 1. The number of benzene rings is 1. The molecule has 0 radical (unpaired) electrons. The van der Waals surface area contributed by atoms with Crippen LogP contribution in [0, 0.1) is 6.92 Å². The van der Waals surface area contributed by atoms with Crippen LogP contribution in [0.5, 0.6) is 11.5 Å². The van der Waals surface area contributed by atoms with Gasteiger partial charge in [0.05, 0.1) is 6.54 Å². The van der Waals surface area contributed by atoms with Crippen molar-refractivity contribution in [3.8, 4) is 11.5 Å². The predicted octanol–water partition coefficient (Wildman–Crippen LogP) is 1.84. The minimum absolute atomic E-state index is 0.151. The fraction of sp³-hybridized carbons (Fsp3) is 0.500. The van der Waals surface area contributed by atoms with E-state index in [0.717, 1.165) is 18.0 Å². The van der Waals surface area contributed by atoms with Gasteiger partial charge in [-0.2, -0.15) is 0 Å². The van der Waals surface area contributed by atoms with Crippen LogP contribution in [-0.4, -0.2) is 18.9 Å². The second-order valence-electron chi connectivity index (χ2n) is 4.30. The molecule has 0 amide bonds. The zero-order valence-electron chi connectivity index (χ0n) is 8.82. The van der Waals surface area contributed by atoms with Gasteiger partial charge >= 0.3 is 0 Å². The van der Waals surface area contributed by atoms with Crippen LogP contribution < -0.4 is 14.8 Å². The van der Waals surface area contributed by atoms with Crippen LogP contribution in [0.25, 0.3) is 0 Å². The third kappa shape index (κ3) is 1.92. The highest BCUT2D eigenvalue weighted by Crippen LogP contribution is 2.35. The van der Waals surface area contributed by atoms with Crippen molar-refractivity contribution in [3.63, 3.8) is 0 Å².